The van der Waals surface area contributed by atoms with Gasteiger partial charge in [-0.3, -0.25) is 0 Å². The Labute approximate surface area is 110 Å². The van der Waals surface area contributed by atoms with Crippen LogP contribution in [0.25, 0.3) is 0 Å². The first-order chi connectivity index (χ1) is 8.66. The van der Waals surface area contributed by atoms with Gasteiger partial charge in [0.2, 0.25) is 0 Å². The molecule has 0 radical (unpaired) electrons. The van der Waals surface area contributed by atoms with Gasteiger partial charge in [-0.2, -0.15) is 0 Å². The minimum absolute atomic E-state index is 0.407. The number of ether oxygens (including phenoxy) is 1. The van der Waals surface area contributed by atoms with E-state index in [1.807, 2.05) is 0 Å². The van der Waals surface area contributed by atoms with Gasteiger partial charge in [-0.25, -0.2) is 0 Å². The third-order valence-electron chi connectivity index (χ3n) is 3.62. The fourth-order valence-electron chi connectivity index (χ4n) is 2.38. The van der Waals surface area contributed by atoms with Crippen molar-refractivity contribution in [1.82, 2.24) is 5.32 Å². The molecule has 0 amide bonds. The monoisotopic (exact) mass is 248 g/mol. The molecule has 0 aliphatic carbocycles. The molecule has 0 spiro atoms. The standard InChI is InChI=1S/C15H24N2O/c1-12(16-14-8-10-18-11-9-14)13-4-6-15(7-5-13)17(2)3/h4-7,12,14,16H,8-11H2,1-3H3. The summed E-state index contributed by atoms with van der Waals surface area (Å²) in [6, 6.07) is 9.79. The molecule has 18 heavy (non-hydrogen) atoms. The van der Waals surface area contributed by atoms with Gasteiger partial charge in [-0.1, -0.05) is 12.1 Å². The van der Waals surface area contributed by atoms with E-state index < -0.39 is 0 Å². The lowest BCUT2D eigenvalue weighted by molar-refractivity contribution is 0.0754. The third kappa shape index (κ3) is 3.47. The molecular weight excluding hydrogens is 224 g/mol. The van der Waals surface area contributed by atoms with Crippen molar-refractivity contribution >= 4 is 5.69 Å². The lowest BCUT2D eigenvalue weighted by Gasteiger charge is -2.27. The molecule has 100 valence electrons. The second kappa shape index (κ2) is 6.21. The molecule has 1 atom stereocenters. The first-order valence-electron chi connectivity index (χ1n) is 6.78. The summed E-state index contributed by atoms with van der Waals surface area (Å²) in [5.41, 5.74) is 2.60. The number of benzene rings is 1. The van der Waals surface area contributed by atoms with E-state index in [0.717, 1.165) is 26.1 Å². The van der Waals surface area contributed by atoms with E-state index >= 15 is 0 Å². The Kier molecular flexibility index (Phi) is 4.61. The van der Waals surface area contributed by atoms with Gasteiger partial charge in [0.25, 0.3) is 0 Å². The normalized spacial score (nSPS) is 18.6. The molecular formula is C15H24N2O. The van der Waals surface area contributed by atoms with Crippen LogP contribution >= 0.6 is 0 Å². The van der Waals surface area contributed by atoms with Crippen molar-refractivity contribution < 1.29 is 4.74 Å². The highest BCUT2D eigenvalue weighted by molar-refractivity contribution is 5.46. The van der Waals surface area contributed by atoms with E-state index in [1.165, 1.54) is 11.3 Å². The molecule has 0 saturated carbocycles. The van der Waals surface area contributed by atoms with Crippen LogP contribution in [-0.4, -0.2) is 33.4 Å². The van der Waals surface area contributed by atoms with E-state index in [9.17, 15) is 0 Å². The zero-order chi connectivity index (χ0) is 13.0. The van der Waals surface area contributed by atoms with Gasteiger partial charge >= 0.3 is 0 Å². The summed E-state index contributed by atoms with van der Waals surface area (Å²) in [5, 5.41) is 3.69. The first kappa shape index (κ1) is 13.4. The molecule has 1 aromatic rings. The highest BCUT2D eigenvalue weighted by Gasteiger charge is 2.16. The summed E-state index contributed by atoms with van der Waals surface area (Å²) in [6.07, 6.45) is 2.25. The summed E-state index contributed by atoms with van der Waals surface area (Å²) in [6.45, 7) is 4.02. The van der Waals surface area contributed by atoms with E-state index in [0.29, 0.717) is 12.1 Å². The van der Waals surface area contributed by atoms with Crippen molar-refractivity contribution in [2.24, 2.45) is 0 Å². The number of nitrogens with zero attached hydrogens (tertiary/aromatic N) is 1. The van der Waals surface area contributed by atoms with Crippen LogP contribution < -0.4 is 10.2 Å². The fourth-order valence-corrected chi connectivity index (χ4v) is 2.38. The van der Waals surface area contributed by atoms with Gasteiger partial charge in [0.15, 0.2) is 0 Å². The van der Waals surface area contributed by atoms with Crippen LogP contribution in [-0.2, 0) is 4.74 Å². The molecule has 0 bridgehead atoms. The third-order valence-corrected chi connectivity index (χ3v) is 3.62. The predicted molar refractivity (Wildman–Crippen MR) is 76.2 cm³/mol. The summed E-state index contributed by atoms with van der Waals surface area (Å²) < 4.78 is 5.38. The van der Waals surface area contributed by atoms with Crippen LogP contribution in [0.1, 0.15) is 31.4 Å². The summed E-state index contributed by atoms with van der Waals surface area (Å²) in [4.78, 5) is 2.13. The van der Waals surface area contributed by atoms with Gasteiger partial charge < -0.3 is 15.0 Å². The highest BCUT2D eigenvalue weighted by atomic mass is 16.5. The lowest BCUT2D eigenvalue weighted by Crippen LogP contribution is -2.36. The summed E-state index contributed by atoms with van der Waals surface area (Å²) in [5.74, 6) is 0. The quantitative estimate of drug-likeness (QED) is 0.886. The van der Waals surface area contributed by atoms with Gasteiger partial charge in [0.1, 0.15) is 0 Å². The van der Waals surface area contributed by atoms with Crippen molar-refractivity contribution in [3.8, 4) is 0 Å². The Balaban J connectivity index is 1.93. The molecule has 1 saturated heterocycles. The van der Waals surface area contributed by atoms with E-state index in [1.54, 1.807) is 0 Å². The molecule has 3 nitrogen and oxygen atoms in total. The molecule has 1 aromatic carbocycles. The second-order valence-electron chi connectivity index (χ2n) is 5.26. The average Bonchev–Trinajstić information content (AvgIpc) is 2.40. The Bertz CT molecular complexity index is 355. The Morgan fingerprint density at radius 1 is 1.17 bits per heavy atom. The van der Waals surface area contributed by atoms with Crippen LogP contribution in [0.2, 0.25) is 0 Å². The predicted octanol–water partition coefficient (Wildman–Crippen LogP) is 2.58. The molecule has 1 N–H and O–H groups in total. The molecule has 1 heterocycles. The van der Waals surface area contributed by atoms with Crippen molar-refractivity contribution in [2.45, 2.75) is 31.8 Å². The van der Waals surface area contributed by atoms with Gasteiger partial charge in [0.05, 0.1) is 0 Å². The number of rotatable bonds is 4. The minimum Gasteiger partial charge on any atom is -0.381 e. The summed E-state index contributed by atoms with van der Waals surface area (Å²) >= 11 is 0. The number of nitrogens with one attached hydrogen (secondary N) is 1. The van der Waals surface area contributed by atoms with Crippen LogP contribution in [0.3, 0.4) is 0 Å². The molecule has 1 unspecified atom stereocenters. The van der Waals surface area contributed by atoms with Crippen LogP contribution in [0.4, 0.5) is 5.69 Å². The maximum absolute atomic E-state index is 5.38. The average molecular weight is 248 g/mol. The van der Waals surface area contributed by atoms with E-state index in [4.69, 9.17) is 4.74 Å². The maximum Gasteiger partial charge on any atom is 0.0480 e. The van der Waals surface area contributed by atoms with Gasteiger partial charge in [-0.05, 0) is 37.5 Å². The molecule has 2 rings (SSSR count). The minimum atomic E-state index is 0.407. The SMILES string of the molecule is CC(NC1CCOCC1)c1ccc(N(C)C)cc1. The fraction of sp³-hybridized carbons (Fsp3) is 0.600. The van der Waals surface area contributed by atoms with Crippen LogP contribution in [0, 0.1) is 0 Å². The molecule has 0 aromatic heterocycles. The zero-order valence-electron chi connectivity index (χ0n) is 11.6. The van der Waals surface area contributed by atoms with Crippen molar-refractivity contribution in [1.29, 1.82) is 0 Å². The smallest absolute Gasteiger partial charge is 0.0480 e. The van der Waals surface area contributed by atoms with Crippen molar-refractivity contribution in [3.05, 3.63) is 29.8 Å². The largest absolute Gasteiger partial charge is 0.381 e. The van der Waals surface area contributed by atoms with E-state index in [2.05, 4.69) is 55.5 Å². The topological polar surface area (TPSA) is 24.5 Å². The number of anilines is 1. The zero-order valence-corrected chi connectivity index (χ0v) is 11.6. The van der Waals surface area contributed by atoms with Crippen molar-refractivity contribution in [2.75, 3.05) is 32.2 Å². The summed E-state index contributed by atoms with van der Waals surface area (Å²) in [7, 11) is 4.14. The Hall–Kier alpha value is -1.06. The highest BCUT2D eigenvalue weighted by Crippen LogP contribution is 2.19. The molecule has 1 aliphatic heterocycles. The molecule has 1 aliphatic rings. The molecule has 3 heteroatoms. The number of hydrogen-bond acceptors (Lipinski definition) is 3. The lowest BCUT2D eigenvalue weighted by atomic mass is 10.0. The van der Waals surface area contributed by atoms with Gasteiger partial charge in [-0.15, -0.1) is 0 Å². The first-order valence-corrected chi connectivity index (χ1v) is 6.78. The molecule has 1 fully saturated rings. The number of hydrogen-bond donors (Lipinski definition) is 1. The van der Waals surface area contributed by atoms with Crippen molar-refractivity contribution in [3.63, 3.8) is 0 Å². The Morgan fingerprint density at radius 2 is 1.78 bits per heavy atom. The van der Waals surface area contributed by atoms with Crippen LogP contribution in [0.15, 0.2) is 24.3 Å². The van der Waals surface area contributed by atoms with E-state index in [-0.39, 0.29) is 0 Å². The Morgan fingerprint density at radius 3 is 2.33 bits per heavy atom. The van der Waals surface area contributed by atoms with Crippen LogP contribution in [0.5, 0.6) is 0 Å². The second-order valence-corrected chi connectivity index (χ2v) is 5.26. The maximum atomic E-state index is 5.38. The van der Waals surface area contributed by atoms with Gasteiger partial charge in [0, 0.05) is 45.1 Å².